The van der Waals surface area contributed by atoms with Gasteiger partial charge in [0.2, 0.25) is 0 Å². The molecule has 14 nitrogen and oxygen atoms in total. The van der Waals surface area contributed by atoms with Gasteiger partial charge in [0, 0.05) is 27.9 Å². The molecule has 352 valence electrons. The summed E-state index contributed by atoms with van der Waals surface area (Å²) in [4.78, 5) is 106. The molecule has 2 atom stereocenters. The van der Waals surface area contributed by atoms with Crippen molar-refractivity contribution in [3.8, 4) is 0 Å². The predicted octanol–water partition coefficient (Wildman–Crippen LogP) is 8.71. The number of amides is 2. The molecule has 0 radical (unpaired) electrons. The Balaban J connectivity index is 1.09. The highest BCUT2D eigenvalue weighted by Crippen LogP contribution is 2.63. The van der Waals surface area contributed by atoms with Gasteiger partial charge >= 0.3 is 23.9 Å². The Kier molecular flexibility index (Phi) is 14.6. The van der Waals surface area contributed by atoms with Crippen LogP contribution >= 0.6 is 11.8 Å². The normalized spacial score (nSPS) is 19.8. The minimum Gasteiger partial charge on any atom is -0.462 e. The zero-order valence-electron chi connectivity index (χ0n) is 38.3. The molecule has 4 bridgehead atoms. The van der Waals surface area contributed by atoms with Crippen molar-refractivity contribution in [1.29, 1.82) is 0 Å². The van der Waals surface area contributed by atoms with Crippen LogP contribution in [0.3, 0.4) is 0 Å². The first-order valence-electron chi connectivity index (χ1n) is 22.1. The van der Waals surface area contributed by atoms with Crippen molar-refractivity contribution in [2.45, 2.75) is 74.7 Å². The van der Waals surface area contributed by atoms with Gasteiger partial charge in [0.25, 0.3) is 11.8 Å². The van der Waals surface area contributed by atoms with Crippen LogP contribution in [-0.2, 0) is 28.5 Å². The van der Waals surface area contributed by atoms with E-state index < -0.39 is 60.1 Å². The number of anilines is 1. The van der Waals surface area contributed by atoms with Crippen LogP contribution in [-0.4, -0.2) is 79.7 Å². The summed E-state index contributed by atoms with van der Waals surface area (Å²) in [5.74, 6) is -4.45. The smallest absolute Gasteiger partial charge is 0.339 e. The number of rotatable bonds is 18. The third kappa shape index (κ3) is 11.3. The highest BCUT2D eigenvalue weighted by atomic mass is 32.2. The molecule has 4 aliphatic rings. The maximum atomic E-state index is 14.2. The molecule has 0 aliphatic heterocycles. The van der Waals surface area contributed by atoms with E-state index in [0.717, 1.165) is 36.6 Å². The summed E-state index contributed by atoms with van der Waals surface area (Å²) in [6.45, 7) is 11.1. The fourth-order valence-corrected chi connectivity index (χ4v) is 10.6. The molecule has 0 heterocycles. The number of carbonyl (C=O) groups excluding carboxylic acids is 8. The van der Waals surface area contributed by atoms with Crippen molar-refractivity contribution in [3.63, 3.8) is 0 Å². The number of hydrogen-bond donors (Lipinski definition) is 2. The molecule has 0 spiro atoms. The molecule has 0 aromatic heterocycles. The van der Waals surface area contributed by atoms with Crippen LogP contribution in [0, 0.1) is 24.2 Å². The van der Waals surface area contributed by atoms with Gasteiger partial charge in [-0.15, -0.1) is 0 Å². The van der Waals surface area contributed by atoms with Crippen LogP contribution in [0.5, 0.6) is 0 Å². The molecule has 8 rings (SSSR count). The zero-order valence-corrected chi connectivity index (χ0v) is 39.1. The van der Waals surface area contributed by atoms with E-state index in [0.29, 0.717) is 46.5 Å². The maximum Gasteiger partial charge on any atom is 0.339 e. The van der Waals surface area contributed by atoms with Gasteiger partial charge in [-0.25, -0.2) is 19.2 Å². The number of esters is 4. The summed E-state index contributed by atoms with van der Waals surface area (Å²) >= 11 is 1.11. The fourth-order valence-electron chi connectivity index (χ4n) is 9.75. The third-order valence-corrected chi connectivity index (χ3v) is 13.5. The largest absolute Gasteiger partial charge is 0.462 e. The van der Waals surface area contributed by atoms with E-state index in [-0.39, 0.29) is 62.6 Å². The van der Waals surface area contributed by atoms with Crippen molar-refractivity contribution < 1.29 is 57.3 Å². The van der Waals surface area contributed by atoms with Gasteiger partial charge in [-0.2, -0.15) is 0 Å². The molecular formula is C53H52N2O12S. The molecular weight excluding hydrogens is 889 g/mol. The number of carbonyl (C=O) groups is 8. The first-order chi connectivity index (χ1) is 32.3. The number of benzene rings is 4. The van der Waals surface area contributed by atoms with Gasteiger partial charge in [0.1, 0.15) is 5.60 Å². The Hall–Kier alpha value is -7.13. The van der Waals surface area contributed by atoms with Gasteiger partial charge in [-0.1, -0.05) is 48.7 Å². The number of ketones is 2. The summed E-state index contributed by atoms with van der Waals surface area (Å²) in [5, 5.41) is 5.27. The zero-order chi connectivity index (χ0) is 48.9. The highest BCUT2D eigenvalue weighted by molar-refractivity contribution is 7.99. The van der Waals surface area contributed by atoms with Crippen molar-refractivity contribution in [2.75, 3.05) is 32.2 Å². The lowest BCUT2D eigenvalue weighted by Crippen LogP contribution is -2.58. The van der Waals surface area contributed by atoms with Crippen molar-refractivity contribution in [1.82, 2.24) is 5.32 Å². The third-order valence-electron chi connectivity index (χ3n) is 12.6. The lowest BCUT2D eigenvalue weighted by molar-refractivity contribution is -0.177. The SMILES string of the molecule is C=C(C)C(=O)COC(=O)c1ccc(Sc2ccc(C(=O)OCC(=O)C(=C)C)c(C(=O)Nc3cccc(C(=O)OC45CC6CC(CC(COC(=O)c7cccc(C)c7)(C6)C4)C5)c3)c2)cc1C(=O)NC. The number of aryl methyl sites for hydroxylation is 1. The molecule has 4 aliphatic carbocycles. The van der Waals surface area contributed by atoms with E-state index in [4.69, 9.17) is 18.9 Å². The molecule has 4 saturated carbocycles. The minimum atomic E-state index is -0.952. The Morgan fingerprint density at radius 2 is 1.18 bits per heavy atom. The lowest BCUT2D eigenvalue weighted by Gasteiger charge is -2.60. The van der Waals surface area contributed by atoms with E-state index in [1.165, 1.54) is 51.2 Å². The van der Waals surface area contributed by atoms with Crippen LogP contribution in [0.1, 0.15) is 120 Å². The Bertz CT molecular complexity index is 2760. The summed E-state index contributed by atoms with van der Waals surface area (Å²) in [6, 6.07) is 22.3. The molecule has 15 heteroatoms. The number of Topliss-reactive ketones (excluding diaryl/α,β-unsaturated/α-hetero) is 2. The Labute approximate surface area is 398 Å². The van der Waals surface area contributed by atoms with E-state index >= 15 is 0 Å². The monoisotopic (exact) mass is 940 g/mol. The average Bonchev–Trinajstić information content (AvgIpc) is 3.30. The van der Waals surface area contributed by atoms with Gasteiger partial charge < -0.3 is 29.6 Å². The fraction of sp³-hybridized carbons (Fsp3) is 0.321. The Morgan fingerprint density at radius 1 is 0.632 bits per heavy atom. The predicted molar refractivity (Wildman–Crippen MR) is 252 cm³/mol. The first kappa shape index (κ1) is 48.8. The molecule has 2 unspecified atom stereocenters. The van der Waals surface area contributed by atoms with E-state index in [2.05, 4.69) is 23.8 Å². The summed E-state index contributed by atoms with van der Waals surface area (Å²) in [7, 11) is 1.39. The van der Waals surface area contributed by atoms with E-state index in [9.17, 15) is 38.4 Å². The summed E-state index contributed by atoms with van der Waals surface area (Å²) < 4.78 is 22.8. The summed E-state index contributed by atoms with van der Waals surface area (Å²) in [5.41, 5.74) is 0.816. The number of hydrogen-bond acceptors (Lipinski definition) is 13. The van der Waals surface area contributed by atoms with Gasteiger partial charge in [-0.05, 0) is 149 Å². The van der Waals surface area contributed by atoms with Crippen LogP contribution in [0.2, 0.25) is 0 Å². The molecule has 4 aromatic rings. The summed E-state index contributed by atoms with van der Waals surface area (Å²) in [6.07, 6.45) is 4.83. The van der Waals surface area contributed by atoms with Crippen molar-refractivity contribution in [3.05, 3.63) is 148 Å². The highest BCUT2D eigenvalue weighted by Gasteiger charge is 2.60. The standard InChI is InChI=1S/C53H52N2O12S/c1-30(2)44(56)26-64-50(62)40-15-13-38(20-42(40)46(58)54-6)68-39-14-16-41(51(63)65-27-45(57)31(3)4)43(21-39)47(59)55-37-12-8-11-36(19-37)49(61)67-53-24-33-18-34(25-53)23-52(22-33,28-53)29-66-48(60)35-10-7-9-32(5)17-35/h7-17,19-21,33-34H,1,3,18,22-29H2,2,4-6H3,(H,54,58)(H,55,59). The molecule has 4 aromatic carbocycles. The minimum absolute atomic E-state index is 0.0360. The first-order valence-corrected chi connectivity index (χ1v) is 23.0. The van der Waals surface area contributed by atoms with Gasteiger partial charge in [-0.3, -0.25) is 19.2 Å². The second kappa shape index (κ2) is 20.4. The Morgan fingerprint density at radius 3 is 1.72 bits per heavy atom. The molecule has 2 N–H and O–H groups in total. The number of nitrogens with one attached hydrogen (secondary N) is 2. The molecule has 4 fully saturated rings. The van der Waals surface area contributed by atoms with E-state index in [1.807, 2.05) is 19.1 Å². The van der Waals surface area contributed by atoms with Gasteiger partial charge in [0.05, 0.1) is 40.0 Å². The van der Waals surface area contributed by atoms with Crippen LogP contribution < -0.4 is 10.6 Å². The second-order valence-corrected chi connectivity index (χ2v) is 19.3. The molecule has 68 heavy (non-hydrogen) atoms. The number of ether oxygens (including phenoxy) is 4. The quantitative estimate of drug-likeness (QED) is 0.0546. The van der Waals surface area contributed by atoms with Gasteiger partial charge in [0.15, 0.2) is 24.8 Å². The topological polar surface area (TPSA) is 198 Å². The van der Waals surface area contributed by atoms with Crippen molar-refractivity contribution in [2.24, 2.45) is 17.3 Å². The second-order valence-electron chi connectivity index (χ2n) is 18.2. The molecule has 2 amide bonds. The van der Waals surface area contributed by atoms with Crippen LogP contribution in [0.4, 0.5) is 5.69 Å². The van der Waals surface area contributed by atoms with Crippen molar-refractivity contribution >= 4 is 64.7 Å². The maximum absolute atomic E-state index is 14.2. The van der Waals surface area contributed by atoms with Crippen LogP contribution in [0.25, 0.3) is 0 Å². The average molecular weight is 941 g/mol. The van der Waals surface area contributed by atoms with E-state index in [1.54, 1.807) is 42.5 Å². The lowest BCUT2D eigenvalue weighted by atomic mass is 9.48. The molecule has 0 saturated heterocycles. The van der Waals surface area contributed by atoms with Crippen LogP contribution in [0.15, 0.2) is 119 Å².